The Morgan fingerprint density at radius 3 is 2.85 bits per heavy atom. The molecule has 1 aromatic rings. The Balaban J connectivity index is 1.84. The van der Waals surface area contributed by atoms with Gasteiger partial charge in [0, 0.05) is 30.8 Å². The van der Waals surface area contributed by atoms with E-state index in [0.717, 1.165) is 32.0 Å². The van der Waals surface area contributed by atoms with Crippen molar-refractivity contribution in [2.24, 2.45) is 0 Å². The van der Waals surface area contributed by atoms with Gasteiger partial charge in [-0.05, 0) is 46.7 Å². The van der Waals surface area contributed by atoms with Gasteiger partial charge in [-0.25, -0.2) is 0 Å². The third kappa shape index (κ3) is 4.93. The van der Waals surface area contributed by atoms with Gasteiger partial charge in [-0.1, -0.05) is 0 Å². The molecular formula is C16H28N2O2. The van der Waals surface area contributed by atoms with Crippen molar-refractivity contribution in [3.8, 4) is 0 Å². The second-order valence-corrected chi connectivity index (χ2v) is 6.80. The zero-order valence-electron chi connectivity index (χ0n) is 13.2. The third-order valence-electron chi connectivity index (χ3n) is 3.60. The summed E-state index contributed by atoms with van der Waals surface area (Å²) in [5.74, 6) is 1.04. The Hall–Kier alpha value is -0.840. The van der Waals surface area contributed by atoms with Crippen LogP contribution in [0.4, 0.5) is 0 Å². The second kappa shape index (κ2) is 6.74. The molecule has 20 heavy (non-hydrogen) atoms. The zero-order valence-corrected chi connectivity index (χ0v) is 13.2. The van der Waals surface area contributed by atoms with Crippen LogP contribution in [0.25, 0.3) is 0 Å². The smallest absolute Gasteiger partial charge is 0.122 e. The molecule has 0 saturated carbocycles. The Bertz CT molecular complexity index is 403. The van der Waals surface area contributed by atoms with E-state index < -0.39 is 0 Å². The van der Waals surface area contributed by atoms with E-state index in [1.54, 1.807) is 6.26 Å². The van der Waals surface area contributed by atoms with Gasteiger partial charge < -0.3 is 14.5 Å². The van der Waals surface area contributed by atoms with Crippen molar-refractivity contribution in [2.45, 2.75) is 58.3 Å². The minimum Gasteiger partial charge on any atom is -0.468 e. The Morgan fingerprint density at radius 1 is 1.40 bits per heavy atom. The van der Waals surface area contributed by atoms with Crippen molar-refractivity contribution in [3.63, 3.8) is 0 Å². The van der Waals surface area contributed by atoms with E-state index >= 15 is 0 Å². The van der Waals surface area contributed by atoms with Crippen molar-refractivity contribution in [1.82, 2.24) is 10.2 Å². The van der Waals surface area contributed by atoms with Crippen LogP contribution in [0.3, 0.4) is 0 Å². The molecule has 1 N–H and O–H groups in total. The van der Waals surface area contributed by atoms with Crippen LogP contribution in [0.15, 0.2) is 16.7 Å². The summed E-state index contributed by atoms with van der Waals surface area (Å²) in [5.41, 5.74) is 1.37. The van der Waals surface area contributed by atoms with Gasteiger partial charge in [-0.15, -0.1) is 0 Å². The maximum Gasteiger partial charge on any atom is 0.122 e. The molecular weight excluding hydrogens is 252 g/mol. The van der Waals surface area contributed by atoms with Gasteiger partial charge in [0.2, 0.25) is 0 Å². The number of ether oxygens (including phenoxy) is 1. The lowest BCUT2D eigenvalue weighted by atomic mass is 10.1. The number of hydrogen-bond acceptors (Lipinski definition) is 4. The third-order valence-corrected chi connectivity index (χ3v) is 3.60. The molecule has 1 aliphatic rings. The standard InChI is InChI=1S/C16H28N2O2/c1-16(2,3)17-10-15-13(7-9-20-15)11-18(4)12-14-6-5-8-19-14/h7,9,14,17H,5-6,8,10-12H2,1-4H3. The topological polar surface area (TPSA) is 37.6 Å². The summed E-state index contributed by atoms with van der Waals surface area (Å²) in [6, 6.07) is 2.08. The predicted octanol–water partition coefficient (Wildman–Crippen LogP) is 2.78. The summed E-state index contributed by atoms with van der Waals surface area (Å²) in [4.78, 5) is 2.32. The van der Waals surface area contributed by atoms with Gasteiger partial charge in [0.25, 0.3) is 0 Å². The Labute approximate surface area is 122 Å². The summed E-state index contributed by atoms with van der Waals surface area (Å²) in [7, 11) is 2.15. The molecule has 0 amide bonds. The normalized spacial score (nSPS) is 19.9. The summed E-state index contributed by atoms with van der Waals surface area (Å²) in [6.07, 6.45) is 4.58. The first-order chi connectivity index (χ1) is 9.44. The molecule has 114 valence electrons. The van der Waals surface area contributed by atoms with E-state index in [1.165, 1.54) is 18.4 Å². The van der Waals surface area contributed by atoms with E-state index in [9.17, 15) is 0 Å². The molecule has 4 heteroatoms. The van der Waals surface area contributed by atoms with Crippen molar-refractivity contribution in [2.75, 3.05) is 20.2 Å². The minimum absolute atomic E-state index is 0.105. The summed E-state index contributed by atoms with van der Waals surface area (Å²) in [6.45, 7) is 10.1. The fourth-order valence-corrected chi connectivity index (χ4v) is 2.50. The lowest BCUT2D eigenvalue weighted by Crippen LogP contribution is -2.35. The van der Waals surface area contributed by atoms with Gasteiger partial charge in [-0.3, -0.25) is 4.90 Å². The van der Waals surface area contributed by atoms with E-state index in [4.69, 9.17) is 9.15 Å². The highest BCUT2D eigenvalue weighted by Gasteiger charge is 2.19. The molecule has 0 aliphatic carbocycles. The first kappa shape index (κ1) is 15.5. The van der Waals surface area contributed by atoms with Crippen LogP contribution in [-0.4, -0.2) is 36.7 Å². The molecule has 2 rings (SSSR count). The molecule has 1 atom stereocenters. The van der Waals surface area contributed by atoms with Crippen LogP contribution >= 0.6 is 0 Å². The largest absolute Gasteiger partial charge is 0.468 e. The molecule has 1 aliphatic heterocycles. The lowest BCUT2D eigenvalue weighted by molar-refractivity contribution is 0.0791. The molecule has 1 saturated heterocycles. The van der Waals surface area contributed by atoms with Crippen molar-refractivity contribution in [1.29, 1.82) is 0 Å². The highest BCUT2D eigenvalue weighted by atomic mass is 16.5. The molecule has 1 aromatic heterocycles. The molecule has 0 bridgehead atoms. The summed E-state index contributed by atoms with van der Waals surface area (Å²) < 4.78 is 11.3. The molecule has 0 radical (unpaired) electrons. The molecule has 0 aromatic carbocycles. The molecule has 1 fully saturated rings. The number of nitrogens with one attached hydrogen (secondary N) is 1. The average molecular weight is 280 g/mol. The van der Waals surface area contributed by atoms with Crippen LogP contribution in [0.2, 0.25) is 0 Å². The van der Waals surface area contributed by atoms with Gasteiger partial charge in [-0.2, -0.15) is 0 Å². The van der Waals surface area contributed by atoms with E-state index in [0.29, 0.717) is 6.10 Å². The maximum atomic E-state index is 5.69. The quantitative estimate of drug-likeness (QED) is 0.869. The van der Waals surface area contributed by atoms with E-state index in [2.05, 4.69) is 44.1 Å². The zero-order chi connectivity index (χ0) is 14.6. The monoisotopic (exact) mass is 280 g/mol. The van der Waals surface area contributed by atoms with Crippen LogP contribution < -0.4 is 5.32 Å². The highest BCUT2D eigenvalue weighted by molar-refractivity contribution is 5.17. The predicted molar refractivity (Wildman–Crippen MR) is 80.6 cm³/mol. The number of furan rings is 1. The van der Waals surface area contributed by atoms with Crippen molar-refractivity contribution in [3.05, 3.63) is 23.7 Å². The first-order valence-corrected chi connectivity index (χ1v) is 7.54. The Morgan fingerprint density at radius 2 is 2.20 bits per heavy atom. The molecule has 2 heterocycles. The SMILES string of the molecule is CN(Cc1ccoc1CNC(C)(C)C)CC1CCCO1. The number of rotatable bonds is 6. The van der Waals surface area contributed by atoms with Crippen LogP contribution in [0.1, 0.15) is 44.9 Å². The van der Waals surface area contributed by atoms with E-state index in [-0.39, 0.29) is 5.54 Å². The maximum absolute atomic E-state index is 5.69. The van der Waals surface area contributed by atoms with Crippen LogP contribution in [0.5, 0.6) is 0 Å². The molecule has 4 nitrogen and oxygen atoms in total. The fourth-order valence-electron chi connectivity index (χ4n) is 2.50. The summed E-state index contributed by atoms with van der Waals surface area (Å²) >= 11 is 0. The number of hydrogen-bond donors (Lipinski definition) is 1. The number of nitrogens with zero attached hydrogens (tertiary/aromatic N) is 1. The number of likely N-dealkylation sites (N-methyl/N-ethyl adjacent to an activating group) is 1. The highest BCUT2D eigenvalue weighted by Crippen LogP contribution is 2.17. The second-order valence-electron chi connectivity index (χ2n) is 6.80. The van der Waals surface area contributed by atoms with Gasteiger partial charge in [0.15, 0.2) is 0 Å². The average Bonchev–Trinajstić information content (AvgIpc) is 2.97. The van der Waals surface area contributed by atoms with Gasteiger partial charge in [0.05, 0.1) is 18.9 Å². The van der Waals surface area contributed by atoms with Crippen LogP contribution in [-0.2, 0) is 17.8 Å². The summed E-state index contributed by atoms with van der Waals surface area (Å²) in [5, 5.41) is 3.47. The minimum atomic E-state index is 0.105. The molecule has 1 unspecified atom stereocenters. The fraction of sp³-hybridized carbons (Fsp3) is 0.750. The van der Waals surface area contributed by atoms with Crippen molar-refractivity contribution >= 4 is 0 Å². The van der Waals surface area contributed by atoms with E-state index in [1.807, 2.05) is 0 Å². The van der Waals surface area contributed by atoms with Crippen LogP contribution in [0, 0.1) is 0 Å². The van der Waals surface area contributed by atoms with Gasteiger partial charge >= 0.3 is 0 Å². The molecule has 0 spiro atoms. The van der Waals surface area contributed by atoms with Crippen molar-refractivity contribution < 1.29 is 9.15 Å². The first-order valence-electron chi connectivity index (χ1n) is 7.54. The lowest BCUT2D eigenvalue weighted by Gasteiger charge is -2.22. The van der Waals surface area contributed by atoms with Gasteiger partial charge in [0.1, 0.15) is 5.76 Å². The Kier molecular flexibility index (Phi) is 5.24.